The molecule has 9 rings (SSSR count). The van der Waals surface area contributed by atoms with Gasteiger partial charge in [-0.25, -0.2) is 26.8 Å². The molecule has 1 saturated heterocycles. The third-order valence-corrected chi connectivity index (χ3v) is 26.8. The average molecular weight is 1960 g/mol. The molecule has 1 aliphatic rings. The highest BCUT2D eigenvalue weighted by Gasteiger charge is 2.36. The Hall–Kier alpha value is -12.6. The maximum Gasteiger partial charge on any atom is 0.323 e. The fourth-order valence-electron chi connectivity index (χ4n) is 15.3. The van der Waals surface area contributed by atoms with Gasteiger partial charge in [0.2, 0.25) is 60.4 Å². The highest BCUT2D eigenvalue weighted by atomic mass is 32.2. The predicted octanol–water partition coefficient (Wildman–Crippen LogP) is -2.91. The van der Waals surface area contributed by atoms with E-state index >= 15 is 0 Å². The van der Waals surface area contributed by atoms with Crippen LogP contribution in [0.5, 0.6) is 0 Å². The summed E-state index contributed by atoms with van der Waals surface area (Å²) in [6, 6.07) is 5.15. The molecule has 48 nitrogen and oxygen atoms in total. The van der Waals surface area contributed by atoms with Crippen molar-refractivity contribution in [2.24, 2.45) is 0 Å². The van der Waals surface area contributed by atoms with Gasteiger partial charge in [0.1, 0.15) is 52.8 Å². The Morgan fingerprint density at radius 1 is 0.459 bits per heavy atom. The number of nitrogens with one attached hydrogen (secondary N) is 13. The number of pyridine rings is 2. The van der Waals surface area contributed by atoms with Crippen molar-refractivity contribution in [3.63, 3.8) is 0 Å². The fourth-order valence-corrected chi connectivity index (χ4v) is 19.9. The lowest BCUT2D eigenvalue weighted by molar-refractivity contribution is -0.139. The Kier molecular flexibility index (Phi) is 37.8. The number of carbonyl (C=O) groups is 10. The maximum atomic E-state index is 14.8. The SMILES string of the molecule is Cc1cc(C)c(S(=O)(=O)NC(CNC(=O)c2cn(CCCNC(=O)[C@H](CS(=O)(=O)O)NC(=O)CC[C@H](NC(=O)CN3CCN(CO)CCN(CO)CCN(CC(=O)O)CC3)C(=O)N[C@@H](CS(=O)(=O)O)C(=O)NCCCn3cc(C(=O)NCC(NS(=O)(=O)c4c(C)cc(C)cc4C)C(=O)O)c(=O)c4ccc(CNc5ncc[nH]5)cc43)c3cc(CNc4ncc[nH]4)ccc3c2=O)C(=O)O)c(C)c1. The molecule has 8 aromatic rings. The molecule has 20 N–H and O–H groups in total. The Morgan fingerprint density at radius 3 is 1.20 bits per heavy atom. The smallest absolute Gasteiger partial charge is 0.323 e. The van der Waals surface area contributed by atoms with E-state index in [0.717, 1.165) is 23.5 Å². The zero-order valence-electron chi connectivity index (χ0n) is 74.5. The zero-order chi connectivity index (χ0) is 99.0. The number of aryl methyl sites for hydroxylation is 8. The van der Waals surface area contributed by atoms with Crippen molar-refractivity contribution in [2.75, 3.05) is 127 Å². The van der Waals surface area contributed by atoms with Crippen molar-refractivity contribution >= 4 is 133 Å². The van der Waals surface area contributed by atoms with Crippen LogP contribution in [0, 0.1) is 41.5 Å². The van der Waals surface area contributed by atoms with Crippen LogP contribution < -0.4 is 68.2 Å². The number of carbonyl (C=O) groups excluding carboxylic acids is 7. The number of aliphatic carboxylic acids is 3. The lowest BCUT2D eigenvalue weighted by Crippen LogP contribution is -2.57. The number of hydrogen-bond acceptors (Lipinski definition) is 30. The van der Waals surface area contributed by atoms with Gasteiger partial charge < -0.3 is 92.5 Å². The number of benzene rings is 4. The van der Waals surface area contributed by atoms with E-state index in [0.29, 0.717) is 45.3 Å². The normalized spacial score (nSPS) is 14.8. The molecule has 7 amide bonds. The molecule has 0 bridgehead atoms. The minimum atomic E-state index is -5.26. The third kappa shape index (κ3) is 31.5. The standard InChI is InChI=1S/C83H111N21O27S4/c1-49-31-51(3)73(52(4)32-49)134(128,129)97-62(80(118)119)39-90-75(113)59-41-103(66-35-55(9-11-57(66)71(59)111)37-92-82-86-17-18-87-82)21-7-15-84-77(115)64(45-132(122,123)124)95-68(107)14-13-61(94-69(108)43-99-23-24-100(44-70(109)110)26-28-102(48-106)30-29-101(47-105)27-25-99)79(117)96-65(46-133(125,126)127)78(116)85-16-8-22-104-42-60(72(112)58-12-10-56(36-67(58)104)38-93-83-88-19-20-89-83)76(114)91-40-63(81(120)121)98-135(130,131)74-53(5)33-50(2)34-54(74)6/h9-12,17-20,31-36,41-42,61-65,97-98,105-106H,7-8,13-16,21-30,37-40,43-48H2,1-6H3,(H,84,115)(H,85,116)(H,90,113)(H,91,114)(H,94,108)(H,95,107)(H,96,117)(H,109,110)(H,118,119)(H,120,121)(H2,86,87,92)(H2,88,89,93)(H,122,123,124)(H,125,126,127)/t61-,62?,63?,64-,65-/m0/s1. The van der Waals surface area contributed by atoms with Crippen LogP contribution in [0.15, 0.2) is 117 Å². The van der Waals surface area contributed by atoms with Gasteiger partial charge in [-0.1, -0.05) is 47.5 Å². The third-order valence-electron chi connectivity index (χ3n) is 21.7. The van der Waals surface area contributed by atoms with Crippen LogP contribution in [0.25, 0.3) is 21.8 Å². The molecular weight excluding hydrogens is 1850 g/mol. The van der Waals surface area contributed by atoms with Crippen molar-refractivity contribution in [1.82, 2.24) is 95.3 Å². The number of imidazole rings is 2. The summed E-state index contributed by atoms with van der Waals surface area (Å²) in [5.74, 6) is -15.3. The number of H-pyrrole nitrogens is 2. The highest BCUT2D eigenvalue weighted by Crippen LogP contribution is 2.26. The predicted molar refractivity (Wildman–Crippen MR) is 489 cm³/mol. The molecule has 2 unspecified atom stereocenters. The molecule has 0 aliphatic carbocycles. The number of sulfonamides is 2. The molecule has 4 aromatic heterocycles. The number of aromatic nitrogens is 6. The van der Waals surface area contributed by atoms with Gasteiger partial charge >= 0.3 is 17.9 Å². The van der Waals surface area contributed by atoms with Gasteiger partial charge in [0.15, 0.2) is 11.9 Å². The number of aliphatic hydroxyl groups is 2. The quantitative estimate of drug-likeness (QED) is 0.0134. The van der Waals surface area contributed by atoms with Gasteiger partial charge in [-0.3, -0.25) is 86.2 Å². The molecule has 0 saturated carbocycles. The Morgan fingerprint density at radius 2 is 0.837 bits per heavy atom. The van der Waals surface area contributed by atoms with Crippen LogP contribution in [0.2, 0.25) is 0 Å². The summed E-state index contributed by atoms with van der Waals surface area (Å²) in [7, 11) is -19.5. The Labute approximate surface area is 775 Å². The summed E-state index contributed by atoms with van der Waals surface area (Å²) in [5, 5.41) is 73.0. The molecule has 5 atom stereocenters. The van der Waals surface area contributed by atoms with E-state index in [1.165, 1.54) is 71.2 Å². The van der Waals surface area contributed by atoms with E-state index in [1.54, 1.807) is 84.6 Å². The molecule has 4 aromatic carbocycles. The van der Waals surface area contributed by atoms with Crippen molar-refractivity contribution in [3.05, 3.63) is 174 Å². The highest BCUT2D eigenvalue weighted by molar-refractivity contribution is 7.90. The van der Waals surface area contributed by atoms with Gasteiger partial charge in [-0.05, 0) is 118 Å². The first-order valence-electron chi connectivity index (χ1n) is 42.4. The Balaban J connectivity index is 0.935. The summed E-state index contributed by atoms with van der Waals surface area (Å²) in [6.07, 6.45) is 6.31. The number of carboxylic acids is 3. The minimum absolute atomic E-state index is 0.00609. The van der Waals surface area contributed by atoms with Crippen LogP contribution in [-0.4, -0.2) is 323 Å². The van der Waals surface area contributed by atoms with Gasteiger partial charge in [-0.15, -0.1) is 0 Å². The number of amides is 7. The van der Waals surface area contributed by atoms with E-state index in [1.807, 2.05) is 0 Å². The number of rotatable bonds is 47. The van der Waals surface area contributed by atoms with Crippen molar-refractivity contribution in [1.29, 1.82) is 0 Å². The van der Waals surface area contributed by atoms with Crippen molar-refractivity contribution in [3.8, 4) is 0 Å². The Bertz CT molecular complexity index is 6240. The molecular formula is C83H111N21O27S4. The summed E-state index contributed by atoms with van der Waals surface area (Å²) in [4.78, 5) is 186. The number of hydrogen-bond donors (Lipinski definition) is 20. The van der Waals surface area contributed by atoms with Crippen LogP contribution >= 0.6 is 0 Å². The van der Waals surface area contributed by atoms with Gasteiger partial charge in [0, 0.05) is 159 Å². The minimum Gasteiger partial charge on any atom is -0.480 e. The molecule has 0 radical (unpaired) electrons. The molecule has 0 spiro atoms. The number of aromatic amines is 2. The van der Waals surface area contributed by atoms with Gasteiger partial charge in [0.25, 0.3) is 32.1 Å². The molecule has 1 aliphatic heterocycles. The van der Waals surface area contributed by atoms with Gasteiger partial charge in [-0.2, -0.15) is 26.3 Å². The molecule has 135 heavy (non-hydrogen) atoms. The van der Waals surface area contributed by atoms with Crippen LogP contribution in [-0.2, 0) is 105 Å². The van der Waals surface area contributed by atoms with E-state index in [4.69, 9.17) is 0 Å². The number of aliphatic hydroxyl groups excluding tert-OH is 2. The first-order valence-corrected chi connectivity index (χ1v) is 48.6. The molecule has 52 heteroatoms. The van der Waals surface area contributed by atoms with Crippen LogP contribution in [0.4, 0.5) is 11.9 Å². The topological polar surface area (TPSA) is 696 Å². The maximum absolute atomic E-state index is 14.8. The summed E-state index contributed by atoms with van der Waals surface area (Å²) in [6.45, 7) is 5.63. The fraction of sp³-hybridized carbons (Fsp3) is 0.446. The van der Waals surface area contributed by atoms with Crippen LogP contribution in [0.3, 0.4) is 0 Å². The number of fused-ring (bicyclic) bond motifs is 2. The lowest BCUT2D eigenvalue weighted by atomic mass is 10.1. The average Bonchev–Trinajstić information content (AvgIpc) is 1.32. The van der Waals surface area contributed by atoms with E-state index in [9.17, 15) is 126 Å². The summed E-state index contributed by atoms with van der Waals surface area (Å²) >= 11 is 0. The number of anilines is 2. The van der Waals surface area contributed by atoms with Crippen molar-refractivity contribution in [2.45, 2.75) is 133 Å². The summed E-state index contributed by atoms with van der Waals surface area (Å²) < 4.78 is 133. The van der Waals surface area contributed by atoms with E-state index < -0.39 is 222 Å². The lowest BCUT2D eigenvalue weighted by Gasteiger charge is -2.32. The monoisotopic (exact) mass is 1960 g/mol. The first kappa shape index (κ1) is 106. The summed E-state index contributed by atoms with van der Waals surface area (Å²) in [5.41, 5.74) is 1.49. The second-order valence-electron chi connectivity index (χ2n) is 32.4. The molecule has 5 heterocycles. The molecule has 734 valence electrons. The van der Waals surface area contributed by atoms with Crippen molar-refractivity contribution < 1.29 is 116 Å². The second-order valence-corrected chi connectivity index (χ2v) is 38.7. The molecule has 1 fully saturated rings. The zero-order valence-corrected chi connectivity index (χ0v) is 77.8. The van der Waals surface area contributed by atoms with Gasteiger partial charge in [0.05, 0.1) is 47.4 Å². The van der Waals surface area contributed by atoms with Crippen LogP contribution in [0.1, 0.15) is 90.9 Å². The second kappa shape index (κ2) is 48.1. The van der Waals surface area contributed by atoms with E-state index in [-0.39, 0.29) is 130 Å². The number of nitrogens with zero attached hydrogens (tertiary/aromatic N) is 8. The largest absolute Gasteiger partial charge is 0.480 e. The van der Waals surface area contributed by atoms with E-state index in [2.05, 4.69) is 77.2 Å². The number of carboxylic acid groups (broad SMARTS) is 3. The first-order chi connectivity index (χ1) is 63.7.